The molecule has 3 rings (SSSR count). The number of unbranched alkanes of at least 4 members (excludes halogenated alkanes) is 1. The second-order valence-electron chi connectivity index (χ2n) is 11.0. The van der Waals surface area contributed by atoms with Crippen LogP contribution in [0.2, 0.25) is 0 Å². The van der Waals surface area contributed by atoms with Gasteiger partial charge in [0.2, 0.25) is 5.91 Å². The highest BCUT2D eigenvalue weighted by Gasteiger charge is 2.29. The molecule has 0 aliphatic heterocycles. The Balaban J connectivity index is 1.14. The summed E-state index contributed by atoms with van der Waals surface area (Å²) in [7, 11) is 1.63. The van der Waals surface area contributed by atoms with Gasteiger partial charge in [0.05, 0.1) is 72.7 Å². The topological polar surface area (TPSA) is 160 Å². The van der Waals surface area contributed by atoms with Crippen molar-refractivity contribution >= 4 is 18.0 Å². The van der Waals surface area contributed by atoms with E-state index in [9.17, 15) is 19.5 Å². The Bertz CT molecular complexity index is 1180. The number of amides is 2. The zero-order chi connectivity index (χ0) is 34.2. The van der Waals surface area contributed by atoms with Crippen molar-refractivity contribution in [1.29, 1.82) is 0 Å². The average molecular weight is 675 g/mol. The fourth-order valence-corrected chi connectivity index (χ4v) is 5.12. The van der Waals surface area contributed by atoms with E-state index in [2.05, 4.69) is 10.6 Å². The Labute approximate surface area is 282 Å². The van der Waals surface area contributed by atoms with E-state index in [0.717, 1.165) is 22.3 Å². The quantitative estimate of drug-likeness (QED) is 0.119. The van der Waals surface area contributed by atoms with E-state index in [0.29, 0.717) is 85.5 Å². The van der Waals surface area contributed by atoms with E-state index in [4.69, 9.17) is 33.2 Å². The number of hydrogen-bond donors (Lipinski definition) is 3. The predicted octanol–water partition coefficient (Wildman–Crippen LogP) is 3.38. The summed E-state index contributed by atoms with van der Waals surface area (Å²) < 4.78 is 37.3. The average Bonchev–Trinajstić information content (AvgIpc) is 3.41. The van der Waals surface area contributed by atoms with Crippen molar-refractivity contribution in [1.82, 2.24) is 10.6 Å². The molecule has 1 aliphatic rings. The van der Waals surface area contributed by atoms with Crippen LogP contribution in [0.5, 0.6) is 0 Å². The molecule has 1 atom stereocenters. The summed E-state index contributed by atoms with van der Waals surface area (Å²) in [5.41, 5.74) is 4.39. The highest BCUT2D eigenvalue weighted by atomic mass is 16.6. The van der Waals surface area contributed by atoms with Crippen molar-refractivity contribution in [2.45, 2.75) is 37.6 Å². The van der Waals surface area contributed by atoms with Gasteiger partial charge in [0.15, 0.2) is 0 Å². The number of fused-ring (bicyclic) bond motifs is 3. The van der Waals surface area contributed by atoms with Crippen LogP contribution in [0.3, 0.4) is 0 Å². The number of rotatable bonds is 27. The molecule has 0 aromatic heterocycles. The lowest BCUT2D eigenvalue weighted by molar-refractivity contribution is -0.139. The van der Waals surface area contributed by atoms with Gasteiger partial charge in [-0.25, -0.2) is 9.59 Å². The molecule has 48 heavy (non-hydrogen) atoms. The van der Waals surface area contributed by atoms with Crippen molar-refractivity contribution < 1.29 is 52.6 Å². The maximum absolute atomic E-state index is 12.5. The zero-order valence-corrected chi connectivity index (χ0v) is 27.8. The van der Waals surface area contributed by atoms with Crippen LogP contribution in [0.15, 0.2) is 48.5 Å². The molecule has 0 spiro atoms. The first-order chi connectivity index (χ1) is 23.5. The monoisotopic (exact) mass is 674 g/mol. The summed E-state index contributed by atoms with van der Waals surface area (Å²) in [5.74, 6) is -1.40. The number of carboxylic acid groups (broad SMARTS) is 1. The van der Waals surface area contributed by atoms with Crippen LogP contribution in [-0.4, -0.2) is 122 Å². The van der Waals surface area contributed by atoms with E-state index in [1.54, 1.807) is 7.11 Å². The summed E-state index contributed by atoms with van der Waals surface area (Å²) in [6.45, 7) is 5.55. The minimum Gasteiger partial charge on any atom is -0.480 e. The molecular formula is C35H50N2O11. The number of nitrogens with one attached hydrogen (secondary N) is 2. The van der Waals surface area contributed by atoms with E-state index >= 15 is 0 Å². The van der Waals surface area contributed by atoms with Gasteiger partial charge in [-0.15, -0.1) is 0 Å². The Morgan fingerprint density at radius 3 is 1.73 bits per heavy atom. The fraction of sp³-hybridized carbons (Fsp3) is 0.571. The lowest BCUT2D eigenvalue weighted by Crippen LogP contribution is -2.41. The summed E-state index contributed by atoms with van der Waals surface area (Å²) in [6, 6.07) is 14.9. The maximum Gasteiger partial charge on any atom is 0.407 e. The van der Waals surface area contributed by atoms with Gasteiger partial charge >= 0.3 is 12.1 Å². The van der Waals surface area contributed by atoms with Crippen LogP contribution < -0.4 is 10.6 Å². The first-order valence-corrected chi connectivity index (χ1v) is 16.5. The Morgan fingerprint density at radius 2 is 1.21 bits per heavy atom. The van der Waals surface area contributed by atoms with Crippen molar-refractivity contribution in [2.75, 3.05) is 92.9 Å². The third kappa shape index (κ3) is 14.7. The van der Waals surface area contributed by atoms with Gasteiger partial charge in [-0.3, -0.25) is 4.79 Å². The minimum atomic E-state index is -1.14. The number of aliphatic carboxylic acids is 1. The lowest BCUT2D eigenvalue weighted by atomic mass is 9.98. The number of hydrogen-bond acceptors (Lipinski definition) is 10. The number of benzene rings is 2. The minimum absolute atomic E-state index is 0.105. The Kier molecular flexibility index (Phi) is 19.2. The normalized spacial score (nSPS) is 12.7. The maximum atomic E-state index is 12.5. The van der Waals surface area contributed by atoms with Gasteiger partial charge in [0.25, 0.3) is 0 Å². The lowest BCUT2D eigenvalue weighted by Gasteiger charge is -2.17. The Hall–Kier alpha value is -3.59. The molecule has 2 aromatic carbocycles. The molecule has 0 heterocycles. The molecule has 266 valence electrons. The highest BCUT2D eigenvalue weighted by molar-refractivity contribution is 5.81. The molecule has 13 nitrogen and oxygen atoms in total. The van der Waals surface area contributed by atoms with E-state index < -0.39 is 18.1 Å². The molecule has 2 amide bonds. The molecule has 0 fully saturated rings. The molecule has 0 saturated carbocycles. The van der Waals surface area contributed by atoms with Crippen molar-refractivity contribution in [3.63, 3.8) is 0 Å². The van der Waals surface area contributed by atoms with Crippen molar-refractivity contribution in [3.05, 3.63) is 59.7 Å². The third-order valence-corrected chi connectivity index (χ3v) is 7.57. The standard InChI is InChI=1S/C35H50N2O11/c1-42-16-17-44-20-21-46-24-25-47-23-22-45-19-18-43-15-13-33(38)36-14-7-6-12-32(34(39)40)37-35(41)48-26-31-29-10-4-2-8-27(29)28-9-3-5-11-30(28)31/h2-5,8-11,31-32H,6-7,12-26H2,1H3,(H,36,38)(H,37,41)(H,39,40)/t32-/m0/s1. The molecule has 1 aliphatic carbocycles. The summed E-state index contributed by atoms with van der Waals surface area (Å²) in [4.78, 5) is 36.3. The van der Waals surface area contributed by atoms with Crippen LogP contribution in [0.1, 0.15) is 42.7 Å². The van der Waals surface area contributed by atoms with Gasteiger partial charge in [0.1, 0.15) is 12.6 Å². The number of methoxy groups -OCH3 is 1. The predicted molar refractivity (Wildman–Crippen MR) is 177 cm³/mol. The molecule has 13 heteroatoms. The Morgan fingerprint density at radius 1 is 0.708 bits per heavy atom. The number of carboxylic acids is 1. The van der Waals surface area contributed by atoms with Crippen molar-refractivity contribution in [2.24, 2.45) is 0 Å². The molecule has 0 unspecified atom stereocenters. The van der Waals surface area contributed by atoms with E-state index in [-0.39, 0.29) is 37.9 Å². The highest BCUT2D eigenvalue weighted by Crippen LogP contribution is 2.44. The molecule has 3 N–H and O–H groups in total. The third-order valence-electron chi connectivity index (χ3n) is 7.57. The SMILES string of the molecule is COCCOCCOCCOCCOCCOCCC(=O)NCCCC[C@H](NC(=O)OCC1c2ccccc2-c2ccccc21)C(=O)O. The van der Waals surface area contributed by atoms with Gasteiger partial charge in [0, 0.05) is 26.0 Å². The second kappa shape index (κ2) is 23.7. The van der Waals surface area contributed by atoms with E-state index in [1.165, 1.54) is 0 Å². The molecule has 0 bridgehead atoms. The number of carbonyl (C=O) groups excluding carboxylic acids is 2. The van der Waals surface area contributed by atoms with Crippen LogP contribution >= 0.6 is 0 Å². The van der Waals surface area contributed by atoms with Crippen LogP contribution in [0.4, 0.5) is 4.79 Å². The van der Waals surface area contributed by atoms with Crippen molar-refractivity contribution in [3.8, 4) is 11.1 Å². The second-order valence-corrected chi connectivity index (χ2v) is 11.0. The fourth-order valence-electron chi connectivity index (χ4n) is 5.12. The van der Waals surface area contributed by atoms with E-state index in [1.807, 2.05) is 48.5 Å². The molecule has 0 saturated heterocycles. The van der Waals surface area contributed by atoms with Crippen LogP contribution in [0.25, 0.3) is 11.1 Å². The first-order valence-electron chi connectivity index (χ1n) is 16.5. The smallest absolute Gasteiger partial charge is 0.407 e. The molecular weight excluding hydrogens is 624 g/mol. The number of alkyl carbamates (subject to hydrolysis) is 1. The van der Waals surface area contributed by atoms with Gasteiger partial charge in [-0.2, -0.15) is 0 Å². The number of ether oxygens (including phenoxy) is 7. The van der Waals surface area contributed by atoms with Gasteiger partial charge in [-0.05, 0) is 41.5 Å². The number of carbonyl (C=O) groups is 3. The largest absolute Gasteiger partial charge is 0.480 e. The van der Waals surface area contributed by atoms with Crippen LogP contribution in [0, 0.1) is 0 Å². The summed E-state index contributed by atoms with van der Waals surface area (Å²) in [6.07, 6.45) is 0.710. The molecule has 2 aromatic rings. The first kappa shape index (κ1) is 38.9. The van der Waals surface area contributed by atoms with Gasteiger partial charge < -0.3 is 48.9 Å². The van der Waals surface area contributed by atoms with Gasteiger partial charge in [-0.1, -0.05) is 48.5 Å². The zero-order valence-electron chi connectivity index (χ0n) is 27.8. The van der Waals surface area contributed by atoms with Crippen LogP contribution in [-0.2, 0) is 42.7 Å². The molecule has 0 radical (unpaired) electrons. The summed E-state index contributed by atoms with van der Waals surface area (Å²) >= 11 is 0. The summed E-state index contributed by atoms with van der Waals surface area (Å²) in [5, 5.41) is 14.9.